The molecule has 4 N–H and O–H groups in total. The molecule has 0 aromatic heterocycles. The number of carboxylic acid groups (broad SMARTS) is 1. The van der Waals surface area contributed by atoms with Gasteiger partial charge in [0.25, 0.3) is 15.9 Å². The highest BCUT2D eigenvalue weighted by molar-refractivity contribution is 7.89. The van der Waals surface area contributed by atoms with Gasteiger partial charge in [0.05, 0.1) is 10.6 Å². The smallest absolute Gasteiger partial charge is 0.409 e. The Balaban J connectivity index is 1.87. The molecule has 0 atom stereocenters. The van der Waals surface area contributed by atoms with Gasteiger partial charge >= 0.3 is 6.09 Å². The van der Waals surface area contributed by atoms with Crippen LogP contribution in [0.2, 0.25) is 0 Å². The van der Waals surface area contributed by atoms with E-state index in [4.69, 9.17) is 5.11 Å². The molecule has 9 heteroatoms. The quantitative estimate of drug-likeness (QED) is 0.451. The normalized spacial score (nSPS) is 11.0. The number of carbonyl (C=O) groups excluding carboxylic acids is 1. The number of carbonyl (C=O) groups is 2. The predicted octanol–water partition coefficient (Wildman–Crippen LogP) is 3.38. The molecule has 0 bridgehead atoms. The van der Waals surface area contributed by atoms with E-state index in [1.54, 1.807) is 54.6 Å². The summed E-state index contributed by atoms with van der Waals surface area (Å²) >= 11 is 0. The summed E-state index contributed by atoms with van der Waals surface area (Å²) in [5.41, 5.74) is 4.50. The summed E-state index contributed by atoms with van der Waals surface area (Å²) in [6.07, 6.45) is -1.24. The molecule has 0 unspecified atom stereocenters. The summed E-state index contributed by atoms with van der Waals surface area (Å²) in [4.78, 5) is 25.9. The Morgan fingerprint density at radius 3 is 2.10 bits per heavy atom. The minimum atomic E-state index is -3.95. The first kappa shape index (κ1) is 21.0. The molecule has 0 aliphatic heterocycles. The number of sulfonamides is 1. The second-order valence-electron chi connectivity index (χ2n) is 6.39. The van der Waals surface area contributed by atoms with E-state index in [1.165, 1.54) is 18.2 Å². The third kappa shape index (κ3) is 4.83. The summed E-state index contributed by atoms with van der Waals surface area (Å²) < 4.78 is 24.8. The number of aryl methyl sites for hydroxylation is 1. The Labute approximate surface area is 173 Å². The number of hydrazine groups is 1. The molecular weight excluding hydrogens is 406 g/mol. The molecule has 3 aromatic carbocycles. The van der Waals surface area contributed by atoms with Crippen LogP contribution in [0.3, 0.4) is 0 Å². The SMILES string of the molecule is Cc1ccc(S(=O)(=O)NNC(=O)c2ccccc2-c2ccccc2NC(=O)O)cc1. The van der Waals surface area contributed by atoms with Gasteiger partial charge in [0.2, 0.25) is 0 Å². The van der Waals surface area contributed by atoms with Crippen LogP contribution in [0.15, 0.2) is 77.7 Å². The molecular formula is C21H19N3O5S. The van der Waals surface area contributed by atoms with Crippen molar-refractivity contribution in [3.63, 3.8) is 0 Å². The Hall–Kier alpha value is -3.69. The van der Waals surface area contributed by atoms with Crippen LogP contribution in [0.4, 0.5) is 10.5 Å². The van der Waals surface area contributed by atoms with Crippen molar-refractivity contribution in [1.82, 2.24) is 10.3 Å². The van der Waals surface area contributed by atoms with Crippen LogP contribution >= 0.6 is 0 Å². The second kappa shape index (κ2) is 8.76. The van der Waals surface area contributed by atoms with Crippen molar-refractivity contribution in [2.45, 2.75) is 11.8 Å². The van der Waals surface area contributed by atoms with Crippen molar-refractivity contribution in [2.24, 2.45) is 0 Å². The molecule has 8 nitrogen and oxygen atoms in total. The highest BCUT2D eigenvalue weighted by atomic mass is 32.2. The van der Waals surface area contributed by atoms with Crippen LogP contribution in [-0.2, 0) is 10.0 Å². The van der Waals surface area contributed by atoms with Crippen molar-refractivity contribution in [1.29, 1.82) is 0 Å². The van der Waals surface area contributed by atoms with E-state index in [9.17, 15) is 18.0 Å². The van der Waals surface area contributed by atoms with E-state index in [0.717, 1.165) is 5.56 Å². The van der Waals surface area contributed by atoms with Crippen LogP contribution < -0.4 is 15.6 Å². The van der Waals surface area contributed by atoms with Gasteiger partial charge in [-0.2, -0.15) is 0 Å². The minimum Gasteiger partial charge on any atom is -0.465 e. The Morgan fingerprint density at radius 2 is 1.43 bits per heavy atom. The number of nitrogens with one attached hydrogen (secondary N) is 3. The van der Waals surface area contributed by atoms with Gasteiger partial charge in [-0.1, -0.05) is 54.1 Å². The molecule has 0 fully saturated rings. The largest absolute Gasteiger partial charge is 0.465 e. The van der Waals surface area contributed by atoms with Crippen LogP contribution in [0.5, 0.6) is 0 Å². The standard InChI is InChI=1S/C21H19N3O5S/c1-14-10-12-15(13-11-14)30(28,29)24-23-20(25)18-8-3-2-6-16(18)17-7-4-5-9-19(17)22-21(26)27/h2-13,22,24H,1H3,(H,23,25)(H,26,27). The number of benzene rings is 3. The van der Waals surface area contributed by atoms with Crippen LogP contribution in [-0.4, -0.2) is 25.5 Å². The molecule has 0 saturated heterocycles. The van der Waals surface area contributed by atoms with Gasteiger partial charge in [-0.15, -0.1) is 4.83 Å². The zero-order chi connectivity index (χ0) is 21.7. The lowest BCUT2D eigenvalue weighted by atomic mass is 9.98. The average Bonchev–Trinajstić information content (AvgIpc) is 2.72. The van der Waals surface area contributed by atoms with Crippen molar-refractivity contribution in [2.75, 3.05) is 5.32 Å². The van der Waals surface area contributed by atoms with E-state index in [0.29, 0.717) is 16.8 Å². The molecule has 30 heavy (non-hydrogen) atoms. The number of hydrogen-bond donors (Lipinski definition) is 4. The summed E-state index contributed by atoms with van der Waals surface area (Å²) in [5, 5.41) is 11.3. The van der Waals surface area contributed by atoms with E-state index < -0.39 is 22.0 Å². The van der Waals surface area contributed by atoms with Gasteiger partial charge in [0, 0.05) is 11.1 Å². The first-order chi connectivity index (χ1) is 14.3. The molecule has 154 valence electrons. The Bertz CT molecular complexity index is 1190. The zero-order valence-corrected chi connectivity index (χ0v) is 16.7. The fourth-order valence-electron chi connectivity index (χ4n) is 2.82. The summed E-state index contributed by atoms with van der Waals surface area (Å²) in [6, 6.07) is 19.2. The fraction of sp³-hybridized carbons (Fsp3) is 0.0476. The Morgan fingerprint density at radius 1 is 0.833 bits per heavy atom. The number of para-hydroxylation sites is 1. The number of hydrogen-bond acceptors (Lipinski definition) is 4. The molecule has 3 aromatic rings. The van der Waals surface area contributed by atoms with Crippen molar-refractivity contribution < 1.29 is 23.1 Å². The highest BCUT2D eigenvalue weighted by Gasteiger charge is 2.19. The molecule has 2 amide bonds. The fourth-order valence-corrected chi connectivity index (χ4v) is 3.65. The Kier molecular flexibility index (Phi) is 6.14. The lowest BCUT2D eigenvalue weighted by Gasteiger charge is -2.14. The third-order valence-electron chi connectivity index (χ3n) is 4.26. The van der Waals surface area contributed by atoms with Crippen molar-refractivity contribution in [3.8, 4) is 11.1 Å². The molecule has 0 heterocycles. The van der Waals surface area contributed by atoms with Crippen LogP contribution in [0.25, 0.3) is 11.1 Å². The number of rotatable bonds is 6. The molecule has 0 aliphatic rings. The van der Waals surface area contributed by atoms with Gasteiger partial charge in [-0.3, -0.25) is 15.5 Å². The molecule has 0 spiro atoms. The lowest BCUT2D eigenvalue weighted by Crippen LogP contribution is -2.41. The maximum absolute atomic E-state index is 12.7. The van der Waals surface area contributed by atoms with Gasteiger partial charge in [0.15, 0.2) is 0 Å². The number of amides is 2. The summed E-state index contributed by atoms with van der Waals surface area (Å²) in [6.45, 7) is 1.83. The van der Waals surface area contributed by atoms with Gasteiger partial charge in [-0.25, -0.2) is 13.2 Å². The average molecular weight is 425 g/mol. The first-order valence-corrected chi connectivity index (χ1v) is 10.3. The van der Waals surface area contributed by atoms with E-state index >= 15 is 0 Å². The van der Waals surface area contributed by atoms with Gasteiger partial charge in [0.1, 0.15) is 0 Å². The predicted molar refractivity (Wildman–Crippen MR) is 112 cm³/mol. The maximum atomic E-state index is 12.7. The topological polar surface area (TPSA) is 125 Å². The van der Waals surface area contributed by atoms with Crippen molar-refractivity contribution in [3.05, 3.63) is 83.9 Å². The van der Waals surface area contributed by atoms with Gasteiger partial charge < -0.3 is 5.11 Å². The second-order valence-corrected chi connectivity index (χ2v) is 8.08. The van der Waals surface area contributed by atoms with Gasteiger partial charge in [-0.05, 0) is 36.8 Å². The van der Waals surface area contributed by atoms with Crippen LogP contribution in [0, 0.1) is 6.92 Å². The van der Waals surface area contributed by atoms with E-state index in [1.807, 2.05) is 6.92 Å². The van der Waals surface area contributed by atoms with Crippen LogP contribution in [0.1, 0.15) is 15.9 Å². The molecule has 0 aliphatic carbocycles. The minimum absolute atomic E-state index is 0.0117. The third-order valence-corrected chi connectivity index (χ3v) is 5.52. The van der Waals surface area contributed by atoms with E-state index in [-0.39, 0.29) is 10.5 Å². The van der Waals surface area contributed by atoms with Crippen molar-refractivity contribution >= 4 is 27.7 Å². The molecule has 0 saturated carbocycles. The summed E-state index contributed by atoms with van der Waals surface area (Å²) in [7, 11) is -3.95. The zero-order valence-electron chi connectivity index (χ0n) is 15.9. The lowest BCUT2D eigenvalue weighted by molar-refractivity contribution is 0.0945. The monoisotopic (exact) mass is 425 g/mol. The highest BCUT2D eigenvalue weighted by Crippen LogP contribution is 2.30. The molecule has 0 radical (unpaired) electrons. The van der Waals surface area contributed by atoms with E-state index in [2.05, 4.69) is 15.6 Å². The maximum Gasteiger partial charge on any atom is 0.409 e. The number of anilines is 1. The first-order valence-electron chi connectivity index (χ1n) is 8.85. The molecule has 3 rings (SSSR count). The summed E-state index contributed by atoms with van der Waals surface area (Å²) in [5.74, 6) is -0.689.